The smallest absolute Gasteiger partial charge is 0.264 e. The van der Waals surface area contributed by atoms with E-state index in [1.165, 1.54) is 23.1 Å². The zero-order valence-electron chi connectivity index (χ0n) is 19.2. The second-order valence-electron chi connectivity index (χ2n) is 8.47. The minimum Gasteiger partial charge on any atom is -0.332 e. The first-order valence-electron chi connectivity index (χ1n) is 11.6. The maximum Gasteiger partial charge on any atom is 0.264 e. The molecule has 1 aliphatic rings. The van der Waals surface area contributed by atoms with Gasteiger partial charge in [0.2, 0.25) is 0 Å². The van der Waals surface area contributed by atoms with Crippen LogP contribution >= 0.6 is 11.3 Å². The van der Waals surface area contributed by atoms with Gasteiger partial charge in [0.15, 0.2) is 0 Å². The largest absolute Gasteiger partial charge is 0.332 e. The van der Waals surface area contributed by atoms with Crippen LogP contribution in [0.25, 0.3) is 5.69 Å². The van der Waals surface area contributed by atoms with Crippen molar-refractivity contribution < 1.29 is 9.18 Å². The standard InChI is InChI=1S/C27H27FN4OS/c1-2-31(27(33)26-13-8-16-34-26)19-24-22-18-30(17-20-9-6-7-12-23(20)28)15-14-25(22)32(29-24)21-10-4-3-5-11-21/h3-13,16H,2,14-15,17-19H2,1H3. The van der Waals surface area contributed by atoms with Crippen molar-refractivity contribution in [1.82, 2.24) is 19.6 Å². The molecule has 1 aliphatic heterocycles. The van der Waals surface area contributed by atoms with E-state index in [9.17, 15) is 9.18 Å². The van der Waals surface area contributed by atoms with Gasteiger partial charge in [-0.2, -0.15) is 5.10 Å². The van der Waals surface area contributed by atoms with E-state index in [1.54, 1.807) is 6.07 Å². The van der Waals surface area contributed by atoms with Crippen molar-refractivity contribution >= 4 is 17.2 Å². The van der Waals surface area contributed by atoms with E-state index in [2.05, 4.69) is 17.0 Å². The van der Waals surface area contributed by atoms with Gasteiger partial charge in [-0.05, 0) is 36.6 Å². The van der Waals surface area contributed by atoms with Gasteiger partial charge in [0.25, 0.3) is 5.91 Å². The molecule has 5 rings (SSSR count). The van der Waals surface area contributed by atoms with E-state index in [0.29, 0.717) is 31.7 Å². The summed E-state index contributed by atoms with van der Waals surface area (Å²) in [6.07, 6.45) is 0.816. The van der Waals surface area contributed by atoms with Crippen LogP contribution in [0.2, 0.25) is 0 Å². The van der Waals surface area contributed by atoms with Gasteiger partial charge >= 0.3 is 0 Å². The molecule has 0 spiro atoms. The molecule has 4 aromatic rings. The van der Waals surface area contributed by atoms with E-state index in [0.717, 1.165) is 34.8 Å². The monoisotopic (exact) mass is 474 g/mol. The molecule has 174 valence electrons. The molecule has 0 aliphatic carbocycles. The van der Waals surface area contributed by atoms with Crippen LogP contribution in [0.3, 0.4) is 0 Å². The molecule has 0 bridgehead atoms. The second-order valence-corrected chi connectivity index (χ2v) is 9.42. The zero-order chi connectivity index (χ0) is 23.5. The lowest BCUT2D eigenvalue weighted by Crippen LogP contribution is -2.33. The number of hydrogen-bond donors (Lipinski definition) is 0. The average Bonchev–Trinajstić information content (AvgIpc) is 3.53. The molecular weight excluding hydrogens is 447 g/mol. The number of rotatable bonds is 7. The molecule has 5 nitrogen and oxygen atoms in total. The van der Waals surface area contributed by atoms with E-state index in [1.807, 2.05) is 64.4 Å². The highest BCUT2D eigenvalue weighted by molar-refractivity contribution is 7.12. The third kappa shape index (κ3) is 4.54. The van der Waals surface area contributed by atoms with Gasteiger partial charge in [0.05, 0.1) is 28.5 Å². The maximum atomic E-state index is 14.3. The van der Waals surface area contributed by atoms with Crippen LogP contribution in [0.4, 0.5) is 4.39 Å². The normalized spacial score (nSPS) is 13.6. The van der Waals surface area contributed by atoms with Gasteiger partial charge in [-0.3, -0.25) is 9.69 Å². The highest BCUT2D eigenvalue weighted by Gasteiger charge is 2.28. The Kier molecular flexibility index (Phi) is 6.56. The number of thiophene rings is 1. The van der Waals surface area contributed by atoms with Crippen molar-refractivity contribution in [2.24, 2.45) is 0 Å². The molecule has 3 heterocycles. The Labute approximate surface area is 203 Å². The summed E-state index contributed by atoms with van der Waals surface area (Å²) in [6.45, 7) is 5.09. The number of carbonyl (C=O) groups excluding carboxylic acids is 1. The van der Waals surface area contributed by atoms with Crippen molar-refractivity contribution in [3.8, 4) is 5.69 Å². The first-order chi connectivity index (χ1) is 16.6. The first kappa shape index (κ1) is 22.5. The lowest BCUT2D eigenvalue weighted by molar-refractivity contribution is 0.0754. The van der Waals surface area contributed by atoms with E-state index < -0.39 is 0 Å². The number of aromatic nitrogens is 2. The molecule has 0 atom stereocenters. The first-order valence-corrected chi connectivity index (χ1v) is 12.5. The molecule has 0 fully saturated rings. The summed E-state index contributed by atoms with van der Waals surface area (Å²) in [5.41, 5.74) is 4.93. The fourth-order valence-electron chi connectivity index (χ4n) is 4.52. The molecule has 0 saturated heterocycles. The lowest BCUT2D eigenvalue weighted by Gasteiger charge is -2.28. The molecule has 34 heavy (non-hydrogen) atoms. The minimum atomic E-state index is -0.174. The fourth-order valence-corrected chi connectivity index (χ4v) is 5.21. The Morgan fingerprint density at radius 2 is 1.88 bits per heavy atom. The number of hydrogen-bond acceptors (Lipinski definition) is 4. The van der Waals surface area contributed by atoms with Crippen molar-refractivity contribution in [1.29, 1.82) is 0 Å². The Morgan fingerprint density at radius 1 is 1.09 bits per heavy atom. The maximum absolute atomic E-state index is 14.3. The number of halogens is 1. The molecule has 7 heteroatoms. The van der Waals surface area contributed by atoms with Crippen LogP contribution in [-0.4, -0.2) is 38.6 Å². The number of fused-ring (bicyclic) bond motifs is 1. The lowest BCUT2D eigenvalue weighted by atomic mass is 10.0. The summed E-state index contributed by atoms with van der Waals surface area (Å²) in [7, 11) is 0. The third-order valence-corrected chi connectivity index (χ3v) is 7.17. The van der Waals surface area contributed by atoms with E-state index in [-0.39, 0.29) is 11.7 Å². The van der Waals surface area contributed by atoms with Crippen LogP contribution in [0.15, 0.2) is 72.1 Å². The summed E-state index contributed by atoms with van der Waals surface area (Å²) in [5.74, 6) is -0.147. The molecule has 0 radical (unpaired) electrons. The number of amides is 1. The molecule has 2 aromatic carbocycles. The summed E-state index contributed by atoms with van der Waals surface area (Å²) in [4.78, 5) is 17.9. The van der Waals surface area contributed by atoms with Crippen LogP contribution in [-0.2, 0) is 26.1 Å². The number of nitrogens with zero attached hydrogens (tertiary/aromatic N) is 4. The second kappa shape index (κ2) is 9.91. The zero-order valence-corrected chi connectivity index (χ0v) is 20.0. The number of benzene rings is 2. The molecule has 0 saturated carbocycles. The van der Waals surface area contributed by atoms with Crippen molar-refractivity contribution in [3.63, 3.8) is 0 Å². The van der Waals surface area contributed by atoms with Gasteiger partial charge in [-0.1, -0.05) is 42.5 Å². The van der Waals surface area contributed by atoms with Crippen molar-refractivity contribution in [2.45, 2.75) is 33.0 Å². The van der Waals surface area contributed by atoms with Gasteiger partial charge < -0.3 is 4.90 Å². The minimum absolute atomic E-state index is 0.0273. The Bertz CT molecular complexity index is 1270. The van der Waals surface area contributed by atoms with Gasteiger partial charge in [0.1, 0.15) is 5.82 Å². The summed E-state index contributed by atoms with van der Waals surface area (Å²) < 4.78 is 16.3. The summed E-state index contributed by atoms with van der Waals surface area (Å²) in [6, 6.07) is 20.8. The molecule has 1 amide bonds. The summed E-state index contributed by atoms with van der Waals surface area (Å²) in [5, 5.41) is 6.92. The molecule has 2 aromatic heterocycles. The topological polar surface area (TPSA) is 41.4 Å². The van der Waals surface area contributed by atoms with E-state index in [4.69, 9.17) is 5.10 Å². The van der Waals surface area contributed by atoms with E-state index >= 15 is 0 Å². The van der Waals surface area contributed by atoms with Crippen molar-refractivity contribution in [2.75, 3.05) is 13.1 Å². The van der Waals surface area contributed by atoms with Crippen LogP contribution in [0.5, 0.6) is 0 Å². The van der Waals surface area contributed by atoms with Crippen LogP contribution in [0.1, 0.15) is 39.1 Å². The van der Waals surface area contributed by atoms with Crippen LogP contribution in [0, 0.1) is 5.82 Å². The Morgan fingerprint density at radius 3 is 2.62 bits per heavy atom. The SMILES string of the molecule is CCN(Cc1nn(-c2ccccc2)c2c1CN(Cc1ccccc1F)CC2)C(=O)c1cccs1. The Hall–Kier alpha value is -3.29. The van der Waals surface area contributed by atoms with Crippen molar-refractivity contribution in [3.05, 3.63) is 105 Å². The quantitative estimate of drug-likeness (QED) is 0.365. The fraction of sp³-hybridized carbons (Fsp3) is 0.259. The molecule has 0 unspecified atom stereocenters. The van der Waals surface area contributed by atoms with Gasteiger partial charge in [-0.15, -0.1) is 11.3 Å². The summed E-state index contributed by atoms with van der Waals surface area (Å²) >= 11 is 1.46. The molecular formula is C27H27FN4OS. The Balaban J connectivity index is 1.47. The number of para-hydroxylation sites is 1. The highest BCUT2D eigenvalue weighted by Crippen LogP contribution is 2.28. The van der Waals surface area contributed by atoms with Gasteiger partial charge in [0, 0.05) is 43.7 Å². The van der Waals surface area contributed by atoms with Gasteiger partial charge in [-0.25, -0.2) is 9.07 Å². The predicted molar refractivity (Wildman–Crippen MR) is 133 cm³/mol. The predicted octanol–water partition coefficient (Wildman–Crippen LogP) is 5.29. The highest BCUT2D eigenvalue weighted by atomic mass is 32.1. The average molecular weight is 475 g/mol. The molecule has 0 N–H and O–H groups in total. The third-order valence-electron chi connectivity index (χ3n) is 6.31. The van der Waals surface area contributed by atoms with Crippen LogP contribution < -0.4 is 0 Å². The number of carbonyl (C=O) groups is 1.